The maximum absolute atomic E-state index is 12.6. The summed E-state index contributed by atoms with van der Waals surface area (Å²) < 4.78 is 5.35. The van der Waals surface area contributed by atoms with Gasteiger partial charge >= 0.3 is 11.9 Å². The number of hydrogen-bond donors (Lipinski definition) is 3. The number of carboxylic acid groups (broad SMARTS) is 1. The monoisotopic (exact) mass is 384 g/mol. The molecule has 0 aliphatic carbocycles. The molecule has 0 aliphatic heterocycles. The number of rotatable bonds is 10. The molecular formula is C21H24N2O5. The van der Waals surface area contributed by atoms with Crippen molar-refractivity contribution in [1.82, 2.24) is 5.32 Å². The molecular weight excluding hydrogens is 360 g/mol. The van der Waals surface area contributed by atoms with E-state index in [1.807, 2.05) is 60.7 Å². The number of esters is 1. The highest BCUT2D eigenvalue weighted by Crippen LogP contribution is 2.08. The van der Waals surface area contributed by atoms with Gasteiger partial charge < -0.3 is 20.9 Å². The van der Waals surface area contributed by atoms with Gasteiger partial charge in [0.05, 0.1) is 6.04 Å². The maximum Gasteiger partial charge on any atom is 0.329 e. The third kappa shape index (κ3) is 7.20. The van der Waals surface area contributed by atoms with Crippen LogP contribution in [0.15, 0.2) is 60.7 Å². The average molecular weight is 384 g/mol. The quantitative estimate of drug-likeness (QED) is 0.536. The first kappa shape index (κ1) is 21.1. The minimum Gasteiger partial charge on any atom is -0.481 e. The minimum absolute atomic E-state index is 0.0156. The van der Waals surface area contributed by atoms with Crippen LogP contribution in [0, 0.1) is 0 Å². The standard InChI is InChI=1S/C21H24N2O5/c22-17(11-12-19(24)25)20(26)23-18(13-15-7-3-1-4-8-15)21(27)28-14-16-9-5-2-6-10-16/h1-10,17-18H,11-14,22H2,(H,23,26)(H,24,25)/t17-,18-/m0/s1. The number of carboxylic acids is 1. The van der Waals surface area contributed by atoms with Crippen molar-refractivity contribution in [2.24, 2.45) is 5.73 Å². The van der Waals surface area contributed by atoms with Crippen LogP contribution in [-0.4, -0.2) is 35.0 Å². The number of aliphatic carboxylic acids is 1. The van der Waals surface area contributed by atoms with Crippen LogP contribution in [0.3, 0.4) is 0 Å². The first-order valence-electron chi connectivity index (χ1n) is 8.98. The third-order valence-electron chi connectivity index (χ3n) is 4.11. The van der Waals surface area contributed by atoms with Crippen LogP contribution in [0.5, 0.6) is 0 Å². The van der Waals surface area contributed by atoms with Crippen LogP contribution >= 0.6 is 0 Å². The van der Waals surface area contributed by atoms with Crippen molar-refractivity contribution in [3.05, 3.63) is 71.8 Å². The second-order valence-corrected chi connectivity index (χ2v) is 6.38. The van der Waals surface area contributed by atoms with Crippen molar-refractivity contribution in [1.29, 1.82) is 0 Å². The van der Waals surface area contributed by atoms with E-state index >= 15 is 0 Å². The summed E-state index contributed by atoms with van der Waals surface area (Å²) >= 11 is 0. The van der Waals surface area contributed by atoms with Gasteiger partial charge in [0.25, 0.3) is 0 Å². The van der Waals surface area contributed by atoms with Gasteiger partial charge in [-0.1, -0.05) is 60.7 Å². The molecule has 0 heterocycles. The zero-order valence-electron chi connectivity index (χ0n) is 15.4. The van der Waals surface area contributed by atoms with E-state index < -0.39 is 29.9 Å². The van der Waals surface area contributed by atoms with Crippen molar-refractivity contribution in [2.45, 2.75) is 38.0 Å². The van der Waals surface area contributed by atoms with E-state index in [9.17, 15) is 14.4 Å². The molecule has 0 spiro atoms. The number of hydrogen-bond acceptors (Lipinski definition) is 5. The molecule has 4 N–H and O–H groups in total. The van der Waals surface area contributed by atoms with Crippen molar-refractivity contribution < 1.29 is 24.2 Å². The molecule has 7 heteroatoms. The molecule has 2 aromatic rings. The highest BCUT2D eigenvalue weighted by atomic mass is 16.5. The minimum atomic E-state index is -1.04. The van der Waals surface area contributed by atoms with Crippen molar-refractivity contribution in [3.63, 3.8) is 0 Å². The summed E-state index contributed by atoms with van der Waals surface area (Å²) in [7, 11) is 0. The topological polar surface area (TPSA) is 119 Å². The summed E-state index contributed by atoms with van der Waals surface area (Å²) in [5.74, 6) is -2.20. The normalized spacial score (nSPS) is 12.6. The summed E-state index contributed by atoms with van der Waals surface area (Å²) in [6, 6.07) is 16.5. The van der Waals surface area contributed by atoms with Crippen molar-refractivity contribution in [3.8, 4) is 0 Å². The molecule has 2 rings (SSSR count). The number of amides is 1. The van der Waals surface area contributed by atoms with E-state index in [1.165, 1.54) is 0 Å². The molecule has 0 unspecified atom stereocenters. The van der Waals surface area contributed by atoms with Crippen LogP contribution in [0.2, 0.25) is 0 Å². The lowest BCUT2D eigenvalue weighted by molar-refractivity contribution is -0.149. The van der Waals surface area contributed by atoms with E-state index in [1.54, 1.807) is 0 Å². The number of benzene rings is 2. The fourth-order valence-electron chi connectivity index (χ4n) is 2.56. The molecule has 7 nitrogen and oxygen atoms in total. The van der Waals surface area contributed by atoms with E-state index in [2.05, 4.69) is 5.32 Å². The van der Waals surface area contributed by atoms with Gasteiger partial charge in [0.2, 0.25) is 5.91 Å². The summed E-state index contributed by atoms with van der Waals surface area (Å²) in [5, 5.41) is 11.3. The number of ether oxygens (including phenoxy) is 1. The molecule has 0 saturated carbocycles. The van der Waals surface area contributed by atoms with Gasteiger partial charge in [-0.05, 0) is 17.5 Å². The second kappa shape index (κ2) is 10.8. The number of nitrogens with one attached hydrogen (secondary N) is 1. The van der Waals surface area contributed by atoms with E-state index in [0.717, 1.165) is 11.1 Å². The molecule has 1 amide bonds. The molecule has 0 radical (unpaired) electrons. The van der Waals surface area contributed by atoms with Gasteiger partial charge in [0.1, 0.15) is 12.6 Å². The smallest absolute Gasteiger partial charge is 0.329 e. The van der Waals surface area contributed by atoms with E-state index in [-0.39, 0.29) is 25.9 Å². The first-order chi connectivity index (χ1) is 13.5. The second-order valence-electron chi connectivity index (χ2n) is 6.38. The Morgan fingerprint density at radius 3 is 2.11 bits per heavy atom. The fraction of sp³-hybridized carbons (Fsp3) is 0.286. The van der Waals surface area contributed by atoms with Crippen molar-refractivity contribution in [2.75, 3.05) is 0 Å². The van der Waals surface area contributed by atoms with Gasteiger partial charge in [0.15, 0.2) is 0 Å². The zero-order valence-corrected chi connectivity index (χ0v) is 15.4. The average Bonchev–Trinajstić information content (AvgIpc) is 2.71. The van der Waals surface area contributed by atoms with Crippen LogP contribution in [0.1, 0.15) is 24.0 Å². The van der Waals surface area contributed by atoms with Gasteiger partial charge in [-0.25, -0.2) is 4.79 Å². The lowest BCUT2D eigenvalue weighted by Gasteiger charge is -2.20. The van der Waals surface area contributed by atoms with E-state index in [0.29, 0.717) is 0 Å². The predicted molar refractivity (Wildman–Crippen MR) is 103 cm³/mol. The van der Waals surface area contributed by atoms with Gasteiger partial charge in [0, 0.05) is 12.8 Å². The van der Waals surface area contributed by atoms with Crippen molar-refractivity contribution >= 4 is 17.8 Å². The molecule has 28 heavy (non-hydrogen) atoms. The Morgan fingerprint density at radius 1 is 0.964 bits per heavy atom. The van der Waals surface area contributed by atoms with Crippen LogP contribution in [-0.2, 0) is 32.1 Å². The number of carbonyl (C=O) groups excluding carboxylic acids is 2. The Balaban J connectivity index is 2.02. The maximum atomic E-state index is 12.6. The lowest BCUT2D eigenvalue weighted by Crippen LogP contribution is -2.50. The third-order valence-corrected chi connectivity index (χ3v) is 4.11. The SMILES string of the molecule is N[C@@H](CCC(=O)O)C(=O)N[C@@H](Cc1ccccc1)C(=O)OCc1ccccc1. The first-order valence-corrected chi connectivity index (χ1v) is 8.98. The Kier molecular flexibility index (Phi) is 8.17. The lowest BCUT2D eigenvalue weighted by atomic mass is 10.0. The fourth-order valence-corrected chi connectivity index (χ4v) is 2.56. The Hall–Kier alpha value is -3.19. The summed E-state index contributed by atoms with van der Waals surface area (Å²) in [4.78, 5) is 35.5. The Labute approximate surface area is 163 Å². The zero-order chi connectivity index (χ0) is 20.4. The van der Waals surface area contributed by atoms with Crippen LogP contribution in [0.4, 0.5) is 0 Å². The Bertz CT molecular complexity index is 780. The summed E-state index contributed by atoms with van der Waals surface area (Å²) in [5.41, 5.74) is 7.43. The molecule has 0 bridgehead atoms. The largest absolute Gasteiger partial charge is 0.481 e. The molecule has 0 fully saturated rings. The van der Waals surface area contributed by atoms with Gasteiger partial charge in [-0.2, -0.15) is 0 Å². The van der Waals surface area contributed by atoms with Gasteiger partial charge in [-0.15, -0.1) is 0 Å². The summed E-state index contributed by atoms with van der Waals surface area (Å²) in [6.07, 6.45) is 0.000528. The molecule has 2 atom stereocenters. The van der Waals surface area contributed by atoms with E-state index in [4.69, 9.17) is 15.6 Å². The highest BCUT2D eigenvalue weighted by molar-refractivity contribution is 5.87. The van der Waals surface area contributed by atoms with Crippen LogP contribution < -0.4 is 11.1 Å². The predicted octanol–water partition coefficient (Wildman–Crippen LogP) is 1.65. The van der Waals surface area contributed by atoms with Crippen LogP contribution in [0.25, 0.3) is 0 Å². The molecule has 0 aromatic heterocycles. The number of carbonyl (C=O) groups is 3. The molecule has 0 saturated heterocycles. The number of nitrogens with two attached hydrogens (primary N) is 1. The Morgan fingerprint density at radius 2 is 1.54 bits per heavy atom. The van der Waals surface area contributed by atoms with Gasteiger partial charge in [-0.3, -0.25) is 9.59 Å². The highest BCUT2D eigenvalue weighted by Gasteiger charge is 2.25. The molecule has 0 aliphatic rings. The molecule has 2 aromatic carbocycles. The summed E-state index contributed by atoms with van der Waals surface area (Å²) in [6.45, 7) is 0.0892. The molecule has 148 valence electrons.